The van der Waals surface area contributed by atoms with Crippen molar-refractivity contribution < 1.29 is 4.39 Å². The zero-order valence-corrected chi connectivity index (χ0v) is 7.92. The fraction of sp³-hybridized carbons (Fsp3) is 0.273. The number of nitrogens with two attached hydrogens (primary N) is 1. The van der Waals surface area contributed by atoms with Crippen LogP contribution in [-0.4, -0.2) is 0 Å². The Hall–Kier alpha value is -1.31. The lowest BCUT2D eigenvalue weighted by molar-refractivity contribution is 0.627. The molecule has 0 saturated carbocycles. The third-order valence-electron chi connectivity index (χ3n) is 2.02. The highest BCUT2D eigenvalue weighted by molar-refractivity contribution is 5.49. The van der Waals surface area contributed by atoms with Gasteiger partial charge in [-0.1, -0.05) is 25.1 Å². The highest BCUT2D eigenvalue weighted by Gasteiger charge is 2.05. The molecule has 1 rings (SSSR count). The number of anilines is 1. The lowest BCUT2D eigenvalue weighted by Crippen LogP contribution is -1.97. The third-order valence-corrected chi connectivity index (χ3v) is 2.02. The lowest BCUT2D eigenvalue weighted by atomic mass is 9.99. The molecule has 0 fully saturated rings. The highest BCUT2D eigenvalue weighted by atomic mass is 19.1. The van der Waals surface area contributed by atoms with Gasteiger partial charge in [-0.25, -0.2) is 4.39 Å². The minimum Gasteiger partial charge on any atom is -0.398 e. The molecule has 0 aliphatic heterocycles. The molecule has 1 nitrogen and oxygen atoms in total. The quantitative estimate of drug-likeness (QED) is 0.548. The molecule has 1 unspecified atom stereocenters. The molecule has 0 saturated heterocycles. The predicted octanol–water partition coefficient (Wildman–Crippen LogP) is 3.09. The zero-order valence-electron chi connectivity index (χ0n) is 7.92. The average molecular weight is 179 g/mol. The molecule has 0 bridgehead atoms. The van der Waals surface area contributed by atoms with E-state index in [-0.39, 0.29) is 11.7 Å². The van der Waals surface area contributed by atoms with Crippen molar-refractivity contribution in [1.82, 2.24) is 0 Å². The van der Waals surface area contributed by atoms with Crippen LogP contribution in [0.5, 0.6) is 0 Å². The smallest absolute Gasteiger partial charge is 0.125 e. The van der Waals surface area contributed by atoms with Crippen molar-refractivity contribution in [2.45, 2.75) is 19.8 Å². The van der Waals surface area contributed by atoms with E-state index in [1.54, 1.807) is 6.07 Å². The van der Waals surface area contributed by atoms with Gasteiger partial charge in [-0.15, -0.1) is 0 Å². The van der Waals surface area contributed by atoms with Crippen molar-refractivity contribution in [3.8, 4) is 0 Å². The van der Waals surface area contributed by atoms with E-state index in [1.165, 1.54) is 12.1 Å². The molecule has 1 atom stereocenters. The fourth-order valence-electron chi connectivity index (χ4n) is 1.35. The maximum absolute atomic E-state index is 12.7. The van der Waals surface area contributed by atoms with Crippen LogP contribution in [0.4, 0.5) is 10.1 Å². The molecule has 2 N–H and O–H groups in total. The Morgan fingerprint density at radius 3 is 2.69 bits per heavy atom. The van der Waals surface area contributed by atoms with Gasteiger partial charge in [0, 0.05) is 11.6 Å². The van der Waals surface area contributed by atoms with E-state index in [1.807, 2.05) is 26.0 Å². The molecule has 0 radical (unpaired) electrons. The van der Waals surface area contributed by atoms with Crippen LogP contribution in [0.1, 0.15) is 25.3 Å². The molecule has 2 heteroatoms. The predicted molar refractivity (Wildman–Crippen MR) is 54.0 cm³/mol. The van der Waals surface area contributed by atoms with Gasteiger partial charge in [-0.3, -0.25) is 0 Å². The summed E-state index contributed by atoms with van der Waals surface area (Å²) in [5.41, 5.74) is 7.17. The van der Waals surface area contributed by atoms with Gasteiger partial charge in [-0.2, -0.15) is 0 Å². The summed E-state index contributed by atoms with van der Waals surface area (Å²) in [7, 11) is 0. The van der Waals surface area contributed by atoms with Crippen molar-refractivity contribution in [3.63, 3.8) is 0 Å². The van der Waals surface area contributed by atoms with E-state index in [0.717, 1.165) is 5.56 Å². The first-order valence-electron chi connectivity index (χ1n) is 4.33. The fourth-order valence-corrected chi connectivity index (χ4v) is 1.35. The van der Waals surface area contributed by atoms with E-state index in [4.69, 9.17) is 5.73 Å². The van der Waals surface area contributed by atoms with Gasteiger partial charge in [-0.05, 0) is 24.6 Å². The van der Waals surface area contributed by atoms with E-state index in [9.17, 15) is 4.39 Å². The van der Waals surface area contributed by atoms with Crippen LogP contribution in [0.3, 0.4) is 0 Å². The second-order valence-corrected chi connectivity index (χ2v) is 3.09. The molecule has 1 aromatic rings. The van der Waals surface area contributed by atoms with Gasteiger partial charge >= 0.3 is 0 Å². The Bertz CT molecular complexity index is 318. The van der Waals surface area contributed by atoms with Crippen LogP contribution >= 0.6 is 0 Å². The van der Waals surface area contributed by atoms with Gasteiger partial charge < -0.3 is 5.73 Å². The average Bonchev–Trinajstić information content (AvgIpc) is 2.04. The SMILES string of the molecule is C/C=C/C(C)c1ccc(F)cc1N. The van der Waals surface area contributed by atoms with E-state index < -0.39 is 0 Å². The zero-order chi connectivity index (χ0) is 9.84. The normalized spacial score (nSPS) is 13.5. The number of hydrogen-bond donors (Lipinski definition) is 1. The Balaban J connectivity index is 3.01. The second-order valence-electron chi connectivity index (χ2n) is 3.09. The van der Waals surface area contributed by atoms with Crippen LogP contribution < -0.4 is 5.73 Å². The van der Waals surface area contributed by atoms with Gasteiger partial charge in [0.25, 0.3) is 0 Å². The molecule has 0 spiro atoms. The lowest BCUT2D eigenvalue weighted by Gasteiger charge is -2.09. The maximum Gasteiger partial charge on any atom is 0.125 e. The Morgan fingerprint density at radius 1 is 1.46 bits per heavy atom. The van der Waals surface area contributed by atoms with Gasteiger partial charge in [0.05, 0.1) is 0 Å². The highest BCUT2D eigenvalue weighted by Crippen LogP contribution is 2.23. The van der Waals surface area contributed by atoms with Crippen LogP contribution in [0.15, 0.2) is 30.4 Å². The molecule has 13 heavy (non-hydrogen) atoms. The van der Waals surface area contributed by atoms with E-state index in [2.05, 4.69) is 0 Å². The first kappa shape index (κ1) is 9.78. The number of benzene rings is 1. The largest absolute Gasteiger partial charge is 0.398 e. The monoisotopic (exact) mass is 179 g/mol. The Kier molecular flexibility index (Phi) is 3.07. The van der Waals surface area contributed by atoms with Crippen LogP contribution in [0.2, 0.25) is 0 Å². The van der Waals surface area contributed by atoms with Crippen LogP contribution in [0.25, 0.3) is 0 Å². The summed E-state index contributed by atoms with van der Waals surface area (Å²) in [6, 6.07) is 4.52. The summed E-state index contributed by atoms with van der Waals surface area (Å²) in [4.78, 5) is 0. The maximum atomic E-state index is 12.7. The standard InChI is InChI=1S/C11H14FN/c1-3-4-8(2)10-6-5-9(12)7-11(10)13/h3-8H,13H2,1-2H3/b4-3+. The summed E-state index contributed by atoms with van der Waals surface area (Å²) in [6.07, 6.45) is 4.00. The van der Waals surface area contributed by atoms with Crippen molar-refractivity contribution in [1.29, 1.82) is 0 Å². The molecule has 0 amide bonds. The molecule has 1 aromatic carbocycles. The number of rotatable bonds is 2. The number of nitrogen functional groups attached to an aromatic ring is 1. The van der Waals surface area contributed by atoms with E-state index >= 15 is 0 Å². The Labute approximate surface area is 78.1 Å². The summed E-state index contributed by atoms with van der Waals surface area (Å²) in [5, 5.41) is 0. The van der Waals surface area contributed by atoms with Crippen molar-refractivity contribution in [2.24, 2.45) is 0 Å². The number of allylic oxidation sites excluding steroid dienone is 2. The first-order chi connectivity index (χ1) is 6.15. The molecule has 0 aliphatic carbocycles. The minimum absolute atomic E-state index is 0.241. The molecule has 70 valence electrons. The molecule has 0 aliphatic rings. The molecular weight excluding hydrogens is 165 g/mol. The minimum atomic E-state index is -0.283. The number of hydrogen-bond acceptors (Lipinski definition) is 1. The summed E-state index contributed by atoms with van der Waals surface area (Å²) < 4.78 is 12.7. The number of halogens is 1. The summed E-state index contributed by atoms with van der Waals surface area (Å²) in [5.74, 6) is -0.0421. The Morgan fingerprint density at radius 2 is 2.15 bits per heavy atom. The van der Waals surface area contributed by atoms with Crippen LogP contribution in [0, 0.1) is 5.82 Å². The summed E-state index contributed by atoms with van der Waals surface area (Å²) >= 11 is 0. The van der Waals surface area contributed by atoms with Gasteiger partial charge in [0.2, 0.25) is 0 Å². The molecule has 0 aromatic heterocycles. The third kappa shape index (κ3) is 2.31. The van der Waals surface area contributed by atoms with E-state index in [0.29, 0.717) is 5.69 Å². The molecular formula is C11H14FN. The molecule has 0 heterocycles. The van der Waals surface area contributed by atoms with Crippen LogP contribution in [-0.2, 0) is 0 Å². The topological polar surface area (TPSA) is 26.0 Å². The van der Waals surface area contributed by atoms with Gasteiger partial charge in [0.1, 0.15) is 5.82 Å². The van der Waals surface area contributed by atoms with Crippen molar-refractivity contribution >= 4 is 5.69 Å². The van der Waals surface area contributed by atoms with Crippen molar-refractivity contribution in [3.05, 3.63) is 41.7 Å². The van der Waals surface area contributed by atoms with Crippen molar-refractivity contribution in [2.75, 3.05) is 5.73 Å². The first-order valence-corrected chi connectivity index (χ1v) is 4.33. The second kappa shape index (κ2) is 4.08. The van der Waals surface area contributed by atoms with Gasteiger partial charge in [0.15, 0.2) is 0 Å². The summed E-state index contributed by atoms with van der Waals surface area (Å²) in [6.45, 7) is 3.99.